The molecule has 2 aromatic rings. The molecule has 0 aliphatic rings. The SMILES string of the molecule is CS(=O)(=O)c1cc(C(=O)N=C(N)N)ccc1On1c(O)ccc1O. The number of aromatic nitrogens is 1. The lowest BCUT2D eigenvalue weighted by Gasteiger charge is -2.12. The first-order valence-corrected chi connectivity index (χ1v) is 8.25. The van der Waals surface area contributed by atoms with Gasteiger partial charge < -0.3 is 26.5 Å². The molecule has 128 valence electrons. The van der Waals surface area contributed by atoms with Gasteiger partial charge in [-0.15, -0.1) is 4.73 Å². The van der Waals surface area contributed by atoms with Crippen molar-refractivity contribution < 1.29 is 28.3 Å². The Balaban J connectivity index is 2.53. The first kappa shape index (κ1) is 17.1. The summed E-state index contributed by atoms with van der Waals surface area (Å²) in [6.45, 7) is 0. The number of carbonyl (C=O) groups excluding carboxylic acids is 1. The number of amides is 1. The van der Waals surface area contributed by atoms with Crippen molar-refractivity contribution in [2.75, 3.05) is 6.26 Å². The highest BCUT2D eigenvalue weighted by Crippen LogP contribution is 2.29. The first-order chi connectivity index (χ1) is 11.1. The lowest BCUT2D eigenvalue weighted by molar-refractivity contribution is 0.100. The van der Waals surface area contributed by atoms with Crippen LogP contribution in [0.2, 0.25) is 0 Å². The van der Waals surface area contributed by atoms with Crippen LogP contribution in [-0.4, -0.2) is 41.5 Å². The third-order valence-corrected chi connectivity index (χ3v) is 3.93. The van der Waals surface area contributed by atoms with Gasteiger partial charge in [-0.25, -0.2) is 8.42 Å². The number of hydrogen-bond donors (Lipinski definition) is 4. The maximum Gasteiger partial charge on any atom is 0.280 e. The van der Waals surface area contributed by atoms with E-state index >= 15 is 0 Å². The number of sulfone groups is 1. The Labute approximate surface area is 136 Å². The summed E-state index contributed by atoms with van der Waals surface area (Å²) < 4.78 is 24.5. The van der Waals surface area contributed by atoms with Gasteiger partial charge in [-0.3, -0.25) is 4.79 Å². The summed E-state index contributed by atoms with van der Waals surface area (Å²) in [5.41, 5.74) is 10.1. The first-order valence-electron chi connectivity index (χ1n) is 6.35. The quantitative estimate of drug-likeness (QED) is 0.423. The normalized spacial score (nSPS) is 11.0. The minimum atomic E-state index is -3.81. The molecule has 0 bridgehead atoms. The minimum absolute atomic E-state index is 0.0860. The van der Waals surface area contributed by atoms with Crippen LogP contribution in [0.5, 0.6) is 17.5 Å². The van der Waals surface area contributed by atoms with Crippen molar-refractivity contribution in [3.63, 3.8) is 0 Å². The Morgan fingerprint density at radius 1 is 1.17 bits per heavy atom. The van der Waals surface area contributed by atoms with Gasteiger partial charge in [0.1, 0.15) is 4.90 Å². The number of guanidine groups is 1. The summed E-state index contributed by atoms with van der Waals surface area (Å²) in [7, 11) is -3.81. The van der Waals surface area contributed by atoms with E-state index in [1.54, 1.807) is 0 Å². The number of nitrogens with zero attached hydrogens (tertiary/aromatic N) is 2. The maximum atomic E-state index is 11.9. The largest absolute Gasteiger partial charge is 0.492 e. The van der Waals surface area contributed by atoms with Crippen molar-refractivity contribution in [2.45, 2.75) is 4.90 Å². The van der Waals surface area contributed by atoms with Crippen LogP contribution in [0.1, 0.15) is 10.4 Å². The van der Waals surface area contributed by atoms with Gasteiger partial charge in [-0.1, -0.05) is 0 Å². The fourth-order valence-electron chi connectivity index (χ4n) is 1.78. The fraction of sp³-hybridized carbons (Fsp3) is 0.0769. The van der Waals surface area contributed by atoms with Crippen LogP contribution >= 0.6 is 0 Å². The van der Waals surface area contributed by atoms with E-state index in [1.807, 2.05) is 0 Å². The molecular weight excluding hydrogens is 340 g/mol. The summed E-state index contributed by atoms with van der Waals surface area (Å²) in [4.78, 5) is 20.0. The molecule has 0 fully saturated rings. The zero-order valence-corrected chi connectivity index (χ0v) is 13.2. The van der Waals surface area contributed by atoms with Crippen LogP contribution in [0.25, 0.3) is 0 Å². The smallest absolute Gasteiger partial charge is 0.280 e. The number of aliphatic imine (C=N–C) groups is 1. The van der Waals surface area contributed by atoms with Gasteiger partial charge in [0, 0.05) is 24.0 Å². The van der Waals surface area contributed by atoms with Gasteiger partial charge >= 0.3 is 0 Å². The van der Waals surface area contributed by atoms with Crippen molar-refractivity contribution in [3.05, 3.63) is 35.9 Å². The zero-order chi connectivity index (χ0) is 18.1. The summed E-state index contributed by atoms with van der Waals surface area (Å²) >= 11 is 0. The Kier molecular flexibility index (Phi) is 4.37. The molecule has 0 aliphatic carbocycles. The molecule has 0 saturated carbocycles. The molecule has 1 heterocycles. The lowest BCUT2D eigenvalue weighted by Crippen LogP contribution is -2.24. The van der Waals surface area contributed by atoms with E-state index in [4.69, 9.17) is 16.3 Å². The highest BCUT2D eigenvalue weighted by atomic mass is 32.2. The molecule has 1 amide bonds. The monoisotopic (exact) mass is 354 g/mol. The molecule has 0 atom stereocenters. The number of benzene rings is 1. The molecule has 24 heavy (non-hydrogen) atoms. The summed E-state index contributed by atoms with van der Waals surface area (Å²) in [5.74, 6) is -2.43. The second-order valence-electron chi connectivity index (χ2n) is 4.71. The van der Waals surface area contributed by atoms with Crippen LogP contribution < -0.4 is 16.3 Å². The number of nitrogens with two attached hydrogens (primary N) is 2. The average Bonchev–Trinajstić information content (AvgIpc) is 2.77. The number of rotatable bonds is 4. The Hall–Kier alpha value is -3.21. The molecule has 0 unspecified atom stereocenters. The molecule has 6 N–H and O–H groups in total. The molecule has 1 aromatic carbocycles. The topological polar surface area (TPSA) is 170 Å². The molecule has 0 saturated heterocycles. The Morgan fingerprint density at radius 3 is 2.25 bits per heavy atom. The predicted octanol–water partition coefficient (Wildman–Crippen LogP) is -0.441. The maximum absolute atomic E-state index is 11.9. The Bertz CT molecular complexity index is 908. The molecular formula is C13H14N4O6S. The van der Waals surface area contributed by atoms with E-state index in [-0.39, 0.29) is 16.2 Å². The van der Waals surface area contributed by atoms with Gasteiger partial charge in [0.05, 0.1) is 0 Å². The molecule has 1 aromatic heterocycles. The standard InChI is InChI=1S/C13H14N4O6S/c1-24(21,22)9-6-7(12(20)16-13(14)15)2-3-8(9)23-17-10(18)4-5-11(17)19/h2-6,18-19H,1H3,(H4,14,15,16,20). The van der Waals surface area contributed by atoms with Gasteiger partial charge in [-0.2, -0.15) is 4.99 Å². The minimum Gasteiger partial charge on any atom is -0.492 e. The van der Waals surface area contributed by atoms with Crippen molar-refractivity contribution >= 4 is 21.7 Å². The number of hydrogen-bond acceptors (Lipinski definition) is 6. The summed E-state index contributed by atoms with van der Waals surface area (Å²) in [5, 5.41) is 19.1. The van der Waals surface area contributed by atoms with Crippen molar-refractivity contribution in [1.29, 1.82) is 0 Å². The third-order valence-electron chi connectivity index (χ3n) is 2.81. The lowest BCUT2D eigenvalue weighted by atomic mass is 10.2. The number of aromatic hydroxyl groups is 2. The van der Waals surface area contributed by atoms with Crippen LogP contribution in [0.4, 0.5) is 0 Å². The van der Waals surface area contributed by atoms with E-state index in [0.717, 1.165) is 24.5 Å². The second-order valence-corrected chi connectivity index (χ2v) is 6.70. The second kappa shape index (κ2) is 6.12. The van der Waals surface area contributed by atoms with Crippen molar-refractivity contribution in [1.82, 2.24) is 4.73 Å². The number of carbonyl (C=O) groups is 1. The van der Waals surface area contributed by atoms with Gasteiger partial charge in [-0.05, 0) is 18.2 Å². The van der Waals surface area contributed by atoms with E-state index in [9.17, 15) is 23.4 Å². The van der Waals surface area contributed by atoms with Gasteiger partial charge in [0.2, 0.25) is 11.8 Å². The molecule has 0 spiro atoms. The van der Waals surface area contributed by atoms with E-state index in [0.29, 0.717) is 4.73 Å². The zero-order valence-electron chi connectivity index (χ0n) is 12.4. The van der Waals surface area contributed by atoms with Crippen LogP contribution in [0, 0.1) is 0 Å². The van der Waals surface area contributed by atoms with Crippen molar-refractivity contribution in [2.24, 2.45) is 16.5 Å². The fourth-order valence-corrected chi connectivity index (χ4v) is 2.59. The highest BCUT2D eigenvalue weighted by molar-refractivity contribution is 7.90. The molecule has 0 radical (unpaired) electrons. The van der Waals surface area contributed by atoms with Crippen molar-refractivity contribution in [3.8, 4) is 17.5 Å². The highest BCUT2D eigenvalue weighted by Gasteiger charge is 2.20. The van der Waals surface area contributed by atoms with E-state index in [2.05, 4.69) is 4.99 Å². The van der Waals surface area contributed by atoms with Gasteiger partial charge in [0.25, 0.3) is 5.91 Å². The van der Waals surface area contributed by atoms with Crippen LogP contribution in [0.15, 0.2) is 40.2 Å². The average molecular weight is 354 g/mol. The van der Waals surface area contributed by atoms with Crippen LogP contribution in [0.3, 0.4) is 0 Å². The molecule has 0 aliphatic heterocycles. The predicted molar refractivity (Wildman–Crippen MR) is 83.5 cm³/mol. The van der Waals surface area contributed by atoms with Crippen LogP contribution in [-0.2, 0) is 9.84 Å². The third kappa shape index (κ3) is 3.57. The molecule has 2 rings (SSSR count). The Morgan fingerprint density at radius 2 is 1.75 bits per heavy atom. The summed E-state index contributed by atoms with van der Waals surface area (Å²) in [6, 6.07) is 5.72. The summed E-state index contributed by atoms with van der Waals surface area (Å²) in [6.07, 6.45) is 0.902. The molecule has 11 heteroatoms. The van der Waals surface area contributed by atoms with Gasteiger partial charge in [0.15, 0.2) is 21.5 Å². The molecule has 10 nitrogen and oxygen atoms in total. The van der Waals surface area contributed by atoms with E-state index < -0.39 is 33.5 Å². The van der Waals surface area contributed by atoms with E-state index in [1.165, 1.54) is 12.1 Å².